The molecular formula is C23H27N5O6S. The summed E-state index contributed by atoms with van der Waals surface area (Å²) < 4.78 is 34.4. The maximum atomic E-state index is 13.3. The van der Waals surface area contributed by atoms with E-state index < -0.39 is 37.1 Å². The molecule has 1 aliphatic carbocycles. The van der Waals surface area contributed by atoms with E-state index in [2.05, 4.69) is 14.7 Å². The lowest BCUT2D eigenvalue weighted by Gasteiger charge is -2.32. The molecule has 186 valence electrons. The van der Waals surface area contributed by atoms with Crippen molar-refractivity contribution in [2.45, 2.75) is 49.1 Å². The van der Waals surface area contributed by atoms with Crippen LogP contribution >= 0.6 is 0 Å². The predicted molar refractivity (Wildman–Crippen MR) is 130 cm³/mol. The van der Waals surface area contributed by atoms with Crippen molar-refractivity contribution in [1.82, 2.24) is 14.7 Å². The highest BCUT2D eigenvalue weighted by atomic mass is 32.2. The Balaban J connectivity index is 1.70. The lowest BCUT2D eigenvalue weighted by atomic mass is 9.81. The van der Waals surface area contributed by atoms with Crippen LogP contribution in [0.5, 0.6) is 5.75 Å². The number of nitro benzene ring substituents is 1. The summed E-state index contributed by atoms with van der Waals surface area (Å²) in [6.45, 7) is 0. The van der Waals surface area contributed by atoms with E-state index in [4.69, 9.17) is 10.5 Å². The molecule has 1 aliphatic rings. The van der Waals surface area contributed by atoms with Crippen molar-refractivity contribution in [1.29, 1.82) is 0 Å². The van der Waals surface area contributed by atoms with E-state index in [1.807, 2.05) is 0 Å². The van der Waals surface area contributed by atoms with Gasteiger partial charge < -0.3 is 15.5 Å². The van der Waals surface area contributed by atoms with Crippen molar-refractivity contribution in [3.8, 4) is 5.75 Å². The van der Waals surface area contributed by atoms with Gasteiger partial charge in [-0.3, -0.25) is 14.9 Å². The first-order chi connectivity index (χ1) is 16.7. The van der Waals surface area contributed by atoms with Gasteiger partial charge in [-0.2, -0.15) is 0 Å². The number of nitrogens with two attached hydrogens (primary N) is 1. The van der Waals surface area contributed by atoms with Crippen LogP contribution in [0.25, 0.3) is 11.0 Å². The molecule has 0 aliphatic heterocycles. The average molecular weight is 502 g/mol. The number of ether oxygens (including phenoxy) is 1. The second-order valence-corrected chi connectivity index (χ2v) is 10.4. The largest absolute Gasteiger partial charge is 0.497 e. The number of para-hydroxylation sites is 1. The van der Waals surface area contributed by atoms with Crippen molar-refractivity contribution < 1.29 is 18.1 Å². The van der Waals surface area contributed by atoms with E-state index in [-0.39, 0.29) is 24.1 Å². The fourth-order valence-electron chi connectivity index (χ4n) is 4.53. The quantitative estimate of drug-likeness (QED) is 0.312. The molecule has 0 saturated heterocycles. The van der Waals surface area contributed by atoms with Gasteiger partial charge in [-0.25, -0.2) is 18.1 Å². The third kappa shape index (κ3) is 5.50. The van der Waals surface area contributed by atoms with Crippen LogP contribution in [0.2, 0.25) is 0 Å². The van der Waals surface area contributed by atoms with Gasteiger partial charge in [-0.1, -0.05) is 12.1 Å². The van der Waals surface area contributed by atoms with Crippen molar-refractivity contribution in [3.63, 3.8) is 0 Å². The summed E-state index contributed by atoms with van der Waals surface area (Å²) in [6, 6.07) is 9.60. The summed E-state index contributed by atoms with van der Waals surface area (Å²) in [5.41, 5.74) is 6.30. The van der Waals surface area contributed by atoms with E-state index >= 15 is 0 Å². The molecule has 2 aromatic carbocycles. The van der Waals surface area contributed by atoms with Gasteiger partial charge in [0.25, 0.3) is 11.2 Å². The summed E-state index contributed by atoms with van der Waals surface area (Å²) in [5.74, 6) is 0.455. The molecule has 3 aromatic rings. The van der Waals surface area contributed by atoms with Gasteiger partial charge in [0.1, 0.15) is 11.4 Å². The molecule has 35 heavy (non-hydrogen) atoms. The van der Waals surface area contributed by atoms with E-state index in [0.717, 1.165) is 18.9 Å². The maximum absolute atomic E-state index is 13.3. The molecule has 0 amide bonds. The normalized spacial score (nSPS) is 19.4. The number of hydrogen-bond acceptors (Lipinski definition) is 8. The van der Waals surface area contributed by atoms with E-state index in [1.165, 1.54) is 25.3 Å². The molecule has 12 heteroatoms. The number of hydrogen-bond donors (Lipinski definition) is 3. The Kier molecular flexibility index (Phi) is 7.15. The van der Waals surface area contributed by atoms with E-state index in [0.29, 0.717) is 29.6 Å². The first kappa shape index (κ1) is 24.8. The Bertz CT molecular complexity index is 1400. The van der Waals surface area contributed by atoms with Gasteiger partial charge in [0.15, 0.2) is 4.90 Å². The molecule has 1 saturated carbocycles. The van der Waals surface area contributed by atoms with Crippen LogP contribution in [0, 0.1) is 16.0 Å². The van der Waals surface area contributed by atoms with Crippen molar-refractivity contribution in [2.24, 2.45) is 11.7 Å². The van der Waals surface area contributed by atoms with E-state index in [1.54, 1.807) is 18.2 Å². The summed E-state index contributed by atoms with van der Waals surface area (Å²) >= 11 is 0. The minimum atomic E-state index is -4.26. The Hall–Kier alpha value is -3.35. The maximum Gasteiger partial charge on any atom is 0.289 e. The second kappa shape index (κ2) is 10.1. The summed E-state index contributed by atoms with van der Waals surface area (Å²) in [6.07, 6.45) is 2.78. The highest BCUT2D eigenvalue weighted by molar-refractivity contribution is 7.89. The molecule has 1 fully saturated rings. The van der Waals surface area contributed by atoms with Crippen LogP contribution in [-0.4, -0.2) is 42.5 Å². The number of H-pyrrole nitrogens is 1. The van der Waals surface area contributed by atoms with Crippen molar-refractivity contribution >= 4 is 26.7 Å². The Morgan fingerprint density at radius 2 is 1.94 bits per heavy atom. The molecule has 0 spiro atoms. The van der Waals surface area contributed by atoms with Gasteiger partial charge >= 0.3 is 0 Å². The topological polar surface area (TPSA) is 170 Å². The second-order valence-electron chi connectivity index (χ2n) is 8.73. The molecule has 4 rings (SSSR count). The molecular weight excluding hydrogens is 474 g/mol. The highest BCUT2D eigenvalue weighted by Crippen LogP contribution is 2.30. The lowest BCUT2D eigenvalue weighted by Crippen LogP contribution is -2.45. The fourth-order valence-corrected chi connectivity index (χ4v) is 6.00. The number of methoxy groups -OCH3 is 1. The van der Waals surface area contributed by atoms with Crippen LogP contribution in [0.15, 0.2) is 52.2 Å². The molecule has 0 bridgehead atoms. The van der Waals surface area contributed by atoms with Crippen LogP contribution < -0.4 is 20.8 Å². The molecule has 1 atom stereocenters. The third-order valence-corrected chi connectivity index (χ3v) is 7.96. The first-order valence-electron chi connectivity index (χ1n) is 11.3. The standard InChI is InChI=1S/C23H27N5O6S/c1-34-16-10-11-17-19(12-16)26-23(29)20(25-17)13-18(14-6-8-15(24)9-7-14)27-35(32,33)22-5-3-2-4-21(22)28(30)31/h2-5,10-12,14-15,18,27H,6-9,13,24H2,1H3,(H,26,29). The number of nitro groups is 1. The Morgan fingerprint density at radius 1 is 1.23 bits per heavy atom. The minimum absolute atomic E-state index is 0.0249. The molecule has 4 N–H and O–H groups in total. The van der Waals surface area contributed by atoms with Gasteiger partial charge in [0, 0.05) is 30.6 Å². The summed E-state index contributed by atoms with van der Waals surface area (Å²) in [7, 11) is -2.74. The van der Waals surface area contributed by atoms with Crippen LogP contribution in [0.3, 0.4) is 0 Å². The number of aromatic nitrogens is 2. The number of fused-ring (bicyclic) bond motifs is 1. The Labute approximate surface area is 201 Å². The summed E-state index contributed by atoms with van der Waals surface area (Å²) in [5, 5.41) is 11.4. The SMILES string of the molecule is COc1ccc2nc(CC(NS(=O)(=O)c3ccccc3[N+](=O)[O-])C3CCC(N)CC3)c(=O)[nH]c2c1. The third-order valence-electron chi connectivity index (χ3n) is 6.43. The number of rotatable bonds is 8. The fraction of sp³-hybridized carbons (Fsp3) is 0.391. The predicted octanol–water partition coefficient (Wildman–Crippen LogP) is 2.25. The number of nitrogens with zero attached hydrogens (tertiary/aromatic N) is 2. The number of sulfonamides is 1. The molecule has 1 heterocycles. The van der Waals surface area contributed by atoms with Gasteiger partial charge in [0.05, 0.1) is 23.1 Å². The summed E-state index contributed by atoms with van der Waals surface area (Å²) in [4.78, 5) is 30.4. The average Bonchev–Trinajstić information content (AvgIpc) is 2.84. The van der Waals surface area contributed by atoms with Crippen molar-refractivity contribution in [2.75, 3.05) is 7.11 Å². The number of nitrogens with one attached hydrogen (secondary N) is 2. The minimum Gasteiger partial charge on any atom is -0.497 e. The molecule has 1 unspecified atom stereocenters. The van der Waals surface area contributed by atoms with Gasteiger partial charge in [-0.05, 0) is 49.8 Å². The monoisotopic (exact) mass is 501 g/mol. The van der Waals surface area contributed by atoms with Gasteiger partial charge in [0.2, 0.25) is 10.0 Å². The lowest BCUT2D eigenvalue weighted by molar-refractivity contribution is -0.387. The first-order valence-corrected chi connectivity index (χ1v) is 12.7. The molecule has 11 nitrogen and oxygen atoms in total. The Morgan fingerprint density at radius 3 is 2.63 bits per heavy atom. The zero-order valence-electron chi connectivity index (χ0n) is 19.1. The van der Waals surface area contributed by atoms with Crippen LogP contribution in [-0.2, 0) is 16.4 Å². The molecule has 0 radical (unpaired) electrons. The van der Waals surface area contributed by atoms with E-state index in [9.17, 15) is 23.3 Å². The van der Waals surface area contributed by atoms with Crippen LogP contribution in [0.4, 0.5) is 5.69 Å². The molecule has 1 aromatic heterocycles. The van der Waals surface area contributed by atoms with Crippen molar-refractivity contribution in [3.05, 3.63) is 68.6 Å². The number of aromatic amines is 1. The zero-order chi connectivity index (χ0) is 25.2. The zero-order valence-corrected chi connectivity index (χ0v) is 20.0. The number of benzene rings is 2. The van der Waals surface area contributed by atoms with Crippen LogP contribution in [0.1, 0.15) is 31.4 Å². The van der Waals surface area contributed by atoms with Gasteiger partial charge in [-0.15, -0.1) is 0 Å². The highest BCUT2D eigenvalue weighted by Gasteiger charge is 2.33. The smallest absolute Gasteiger partial charge is 0.289 e.